The van der Waals surface area contributed by atoms with Gasteiger partial charge in [0.25, 0.3) is 0 Å². The van der Waals surface area contributed by atoms with Crippen molar-refractivity contribution in [2.24, 2.45) is 0 Å². The maximum atomic E-state index is 5.95. The Morgan fingerprint density at radius 2 is 1.50 bits per heavy atom. The van der Waals surface area contributed by atoms with Gasteiger partial charge in [-0.15, -0.1) is 0 Å². The van der Waals surface area contributed by atoms with Crippen LogP contribution in [0.1, 0.15) is 35.8 Å². The van der Waals surface area contributed by atoms with E-state index in [1.54, 1.807) is 0 Å². The lowest BCUT2D eigenvalue weighted by Gasteiger charge is -2.12. The van der Waals surface area contributed by atoms with Crippen LogP contribution in [0.25, 0.3) is 0 Å². The highest BCUT2D eigenvalue weighted by Crippen LogP contribution is 2.58. The molecule has 0 radical (unpaired) electrons. The Bertz CT molecular complexity index is 383. The molecule has 1 saturated carbocycles. The molecule has 0 nitrogen and oxygen atoms in total. The van der Waals surface area contributed by atoms with E-state index >= 15 is 0 Å². The van der Waals surface area contributed by atoms with Crippen LogP contribution in [0.3, 0.4) is 0 Å². The minimum absolute atomic E-state index is 0.494. The summed E-state index contributed by atoms with van der Waals surface area (Å²) in [4.78, 5) is 0. The number of hydrogen-bond donors (Lipinski definition) is 0. The molecule has 0 N–H and O–H groups in total. The largest absolute Gasteiger partial charge is 0.107 e. The summed E-state index contributed by atoms with van der Waals surface area (Å²) < 4.78 is 0.494. The van der Waals surface area contributed by atoms with Gasteiger partial charge in [-0.2, -0.15) is 0 Å². The lowest BCUT2D eigenvalue weighted by atomic mass is 9.92. The molecule has 0 spiro atoms. The van der Waals surface area contributed by atoms with Crippen molar-refractivity contribution in [1.82, 2.24) is 0 Å². The molecule has 2 atom stereocenters. The van der Waals surface area contributed by atoms with E-state index in [2.05, 4.69) is 24.3 Å². The second-order valence-electron chi connectivity index (χ2n) is 4.03. The number of rotatable bonds is 0. The van der Waals surface area contributed by atoms with Crippen molar-refractivity contribution in [2.75, 3.05) is 0 Å². The van der Waals surface area contributed by atoms with Crippen LogP contribution in [0.15, 0.2) is 34.3 Å². The maximum Gasteiger partial charge on any atom is 0.107 e. The number of hydrogen-bond acceptors (Lipinski definition) is 0. The SMILES string of the molecule is ClC(Cl)=C1C2CCC1c1ccccc12. The van der Waals surface area contributed by atoms with E-state index in [4.69, 9.17) is 23.2 Å². The van der Waals surface area contributed by atoms with E-state index < -0.39 is 0 Å². The third kappa shape index (κ3) is 1.01. The Morgan fingerprint density at radius 3 is 1.93 bits per heavy atom. The van der Waals surface area contributed by atoms with Crippen molar-refractivity contribution >= 4 is 23.2 Å². The van der Waals surface area contributed by atoms with Gasteiger partial charge in [-0.3, -0.25) is 0 Å². The van der Waals surface area contributed by atoms with E-state index in [0.29, 0.717) is 16.3 Å². The first-order chi connectivity index (χ1) is 6.79. The van der Waals surface area contributed by atoms with Crippen LogP contribution < -0.4 is 0 Å². The summed E-state index contributed by atoms with van der Waals surface area (Å²) in [7, 11) is 0. The highest BCUT2D eigenvalue weighted by molar-refractivity contribution is 6.56. The van der Waals surface area contributed by atoms with E-state index in [1.165, 1.54) is 29.5 Å². The van der Waals surface area contributed by atoms with Crippen molar-refractivity contribution < 1.29 is 0 Å². The Morgan fingerprint density at radius 1 is 1.00 bits per heavy atom. The van der Waals surface area contributed by atoms with E-state index in [0.717, 1.165) is 0 Å². The molecule has 2 bridgehead atoms. The molecular formula is C12H10Cl2. The van der Waals surface area contributed by atoms with Gasteiger partial charge in [0.15, 0.2) is 0 Å². The Kier molecular flexibility index (Phi) is 1.90. The summed E-state index contributed by atoms with van der Waals surface area (Å²) in [5.41, 5.74) is 4.14. The highest BCUT2D eigenvalue weighted by atomic mass is 35.5. The number of allylic oxidation sites excluding steroid dienone is 1. The summed E-state index contributed by atoms with van der Waals surface area (Å²) >= 11 is 11.9. The van der Waals surface area contributed by atoms with Crippen LogP contribution in [-0.4, -0.2) is 0 Å². The minimum Gasteiger partial charge on any atom is -0.0709 e. The van der Waals surface area contributed by atoms with Crippen molar-refractivity contribution in [1.29, 1.82) is 0 Å². The fourth-order valence-corrected chi connectivity index (χ4v) is 3.47. The molecule has 1 aromatic rings. The highest BCUT2D eigenvalue weighted by Gasteiger charge is 2.42. The summed E-state index contributed by atoms with van der Waals surface area (Å²) in [6.45, 7) is 0. The second-order valence-corrected chi connectivity index (χ2v) is 4.98. The monoisotopic (exact) mass is 224 g/mol. The van der Waals surface area contributed by atoms with Gasteiger partial charge in [0, 0.05) is 11.8 Å². The fourth-order valence-electron chi connectivity index (χ4n) is 2.94. The summed E-state index contributed by atoms with van der Waals surface area (Å²) in [5, 5.41) is 0. The van der Waals surface area contributed by atoms with Gasteiger partial charge >= 0.3 is 0 Å². The van der Waals surface area contributed by atoms with Gasteiger partial charge < -0.3 is 0 Å². The van der Waals surface area contributed by atoms with Gasteiger partial charge in [-0.05, 0) is 29.5 Å². The first kappa shape index (κ1) is 8.82. The Hall–Kier alpha value is -0.460. The van der Waals surface area contributed by atoms with Crippen molar-refractivity contribution in [3.05, 3.63) is 45.5 Å². The van der Waals surface area contributed by atoms with E-state index in [9.17, 15) is 0 Å². The fraction of sp³-hybridized carbons (Fsp3) is 0.333. The lowest BCUT2D eigenvalue weighted by molar-refractivity contribution is 0.717. The zero-order valence-electron chi connectivity index (χ0n) is 7.63. The zero-order valence-corrected chi connectivity index (χ0v) is 9.15. The van der Waals surface area contributed by atoms with Crippen LogP contribution in [0.2, 0.25) is 0 Å². The van der Waals surface area contributed by atoms with Crippen LogP contribution in [0.4, 0.5) is 0 Å². The smallest absolute Gasteiger partial charge is 0.0709 e. The van der Waals surface area contributed by atoms with Gasteiger partial charge in [0.2, 0.25) is 0 Å². The standard InChI is InChI=1S/C12H10Cl2/c13-12(14)11-9-5-6-10(11)8-4-2-1-3-7(8)9/h1-4,9-10H,5-6H2. The molecule has 72 valence electrons. The molecule has 0 aliphatic heterocycles. The molecular weight excluding hydrogens is 215 g/mol. The first-order valence-corrected chi connectivity index (χ1v) is 5.68. The summed E-state index contributed by atoms with van der Waals surface area (Å²) in [6.07, 6.45) is 2.42. The lowest BCUT2D eigenvalue weighted by Crippen LogP contribution is -1.95. The van der Waals surface area contributed by atoms with Gasteiger partial charge in [0.05, 0.1) is 0 Å². The predicted octanol–water partition coefficient (Wildman–Crippen LogP) is 4.35. The van der Waals surface area contributed by atoms with Crippen molar-refractivity contribution in [3.8, 4) is 0 Å². The Balaban J connectivity index is 2.23. The normalized spacial score (nSPS) is 28.0. The number of fused-ring (bicyclic) bond motifs is 5. The maximum absolute atomic E-state index is 5.95. The molecule has 1 aromatic carbocycles. The van der Waals surface area contributed by atoms with Crippen LogP contribution in [0, 0.1) is 0 Å². The molecule has 2 unspecified atom stereocenters. The molecule has 2 aliphatic carbocycles. The molecule has 1 fully saturated rings. The first-order valence-electron chi connectivity index (χ1n) is 4.93. The zero-order chi connectivity index (χ0) is 9.71. The molecule has 2 aliphatic rings. The van der Waals surface area contributed by atoms with Crippen molar-refractivity contribution in [3.63, 3.8) is 0 Å². The summed E-state index contributed by atoms with van der Waals surface area (Å²) in [5.74, 6) is 1.00. The molecule has 0 heterocycles. The van der Waals surface area contributed by atoms with Crippen LogP contribution in [-0.2, 0) is 0 Å². The molecule has 14 heavy (non-hydrogen) atoms. The number of halogens is 2. The Labute approximate surface area is 93.5 Å². The van der Waals surface area contributed by atoms with E-state index in [-0.39, 0.29) is 0 Å². The topological polar surface area (TPSA) is 0 Å². The van der Waals surface area contributed by atoms with Crippen LogP contribution in [0.5, 0.6) is 0 Å². The molecule has 0 saturated heterocycles. The second kappa shape index (κ2) is 3.01. The molecule has 0 aromatic heterocycles. The predicted molar refractivity (Wildman–Crippen MR) is 59.9 cm³/mol. The van der Waals surface area contributed by atoms with Gasteiger partial charge in [0.1, 0.15) is 4.49 Å². The van der Waals surface area contributed by atoms with Crippen molar-refractivity contribution in [2.45, 2.75) is 24.7 Å². The average Bonchev–Trinajstić information content (AvgIpc) is 2.73. The third-order valence-corrected chi connectivity index (χ3v) is 3.90. The summed E-state index contributed by atoms with van der Waals surface area (Å²) in [6, 6.07) is 8.60. The number of benzene rings is 1. The molecule has 3 rings (SSSR count). The minimum atomic E-state index is 0.494. The van der Waals surface area contributed by atoms with Crippen LogP contribution >= 0.6 is 23.2 Å². The van der Waals surface area contributed by atoms with Gasteiger partial charge in [-0.25, -0.2) is 0 Å². The average molecular weight is 225 g/mol. The quantitative estimate of drug-likeness (QED) is 0.615. The molecule has 2 heteroatoms. The van der Waals surface area contributed by atoms with Gasteiger partial charge in [-0.1, -0.05) is 47.5 Å². The molecule has 0 amide bonds. The third-order valence-electron chi connectivity index (χ3n) is 3.46. The van der Waals surface area contributed by atoms with E-state index in [1.807, 2.05) is 0 Å².